The maximum absolute atomic E-state index is 2.34. The van der Waals surface area contributed by atoms with Crippen molar-refractivity contribution in [3.8, 4) is 11.1 Å². The van der Waals surface area contributed by atoms with Gasteiger partial charge in [0.15, 0.2) is 0 Å². The Balaban J connectivity index is 2.54. The minimum absolute atomic E-state index is 0.656. The molecule has 2 rings (SSSR count). The lowest BCUT2D eigenvalue weighted by Gasteiger charge is -2.27. The third-order valence-electron chi connectivity index (χ3n) is 2.87. The molecule has 0 N–H and O–H groups in total. The number of benzene rings is 2. The molecule has 2 aromatic rings. The first-order valence-corrected chi connectivity index (χ1v) is 8.68. The van der Waals surface area contributed by atoms with Crippen LogP contribution in [0.3, 0.4) is 0 Å². The maximum atomic E-state index is 2.34. The van der Waals surface area contributed by atoms with E-state index >= 15 is 0 Å². The molecular formula is C16H20S. The van der Waals surface area contributed by atoms with Crippen LogP contribution < -0.4 is 0 Å². The Labute approximate surface area is 106 Å². The smallest absolute Gasteiger partial charge is 0.00975 e. The average Bonchev–Trinajstić information content (AvgIpc) is 2.28. The zero-order chi connectivity index (χ0) is 12.5. The topological polar surface area (TPSA) is 0 Å². The second-order valence-electron chi connectivity index (χ2n) is 5.24. The summed E-state index contributed by atoms with van der Waals surface area (Å²) in [5.41, 5.74) is 3.99. The number of aryl methyl sites for hydroxylation is 1. The number of rotatable bonds is 2. The Morgan fingerprint density at radius 2 is 1.41 bits per heavy atom. The molecule has 0 amide bonds. The van der Waals surface area contributed by atoms with Crippen molar-refractivity contribution in [3.05, 3.63) is 54.1 Å². The van der Waals surface area contributed by atoms with E-state index in [-0.39, 0.29) is 0 Å². The van der Waals surface area contributed by atoms with E-state index < -0.39 is 10.0 Å². The molecule has 0 spiro atoms. The van der Waals surface area contributed by atoms with E-state index in [4.69, 9.17) is 0 Å². The Bertz CT molecular complexity index is 507. The molecule has 0 aliphatic rings. The van der Waals surface area contributed by atoms with E-state index in [0.717, 1.165) is 0 Å². The van der Waals surface area contributed by atoms with Crippen LogP contribution in [0.25, 0.3) is 11.1 Å². The summed E-state index contributed by atoms with van der Waals surface area (Å²) < 4.78 is 0. The summed E-state index contributed by atoms with van der Waals surface area (Å²) in [7, 11) is -0.656. The number of hydrogen-bond acceptors (Lipinski definition) is 0. The molecule has 0 heterocycles. The van der Waals surface area contributed by atoms with Gasteiger partial charge >= 0.3 is 0 Å². The fraction of sp³-hybridized carbons (Fsp3) is 0.250. The molecule has 0 saturated carbocycles. The van der Waals surface area contributed by atoms with Gasteiger partial charge in [0.05, 0.1) is 0 Å². The predicted octanol–water partition coefficient (Wildman–Crippen LogP) is 4.71. The van der Waals surface area contributed by atoms with Crippen molar-refractivity contribution in [1.82, 2.24) is 0 Å². The molecule has 0 aromatic heterocycles. The highest BCUT2D eigenvalue weighted by Crippen LogP contribution is 2.46. The minimum atomic E-state index is -0.656. The molecule has 0 saturated heterocycles. The van der Waals surface area contributed by atoms with Gasteiger partial charge in [-0.2, -0.15) is 0 Å². The summed E-state index contributed by atoms with van der Waals surface area (Å²) in [6.45, 7) is 2.18. The first-order chi connectivity index (χ1) is 7.97. The highest BCUT2D eigenvalue weighted by Gasteiger charge is 2.10. The van der Waals surface area contributed by atoms with Crippen molar-refractivity contribution in [3.63, 3.8) is 0 Å². The molecule has 17 heavy (non-hydrogen) atoms. The van der Waals surface area contributed by atoms with Crippen molar-refractivity contribution >= 4 is 10.0 Å². The van der Waals surface area contributed by atoms with Crippen molar-refractivity contribution in [2.75, 3.05) is 18.8 Å². The van der Waals surface area contributed by atoms with E-state index in [9.17, 15) is 0 Å². The van der Waals surface area contributed by atoms with E-state index in [1.54, 1.807) is 0 Å². The molecule has 2 aromatic carbocycles. The zero-order valence-electron chi connectivity index (χ0n) is 11.0. The van der Waals surface area contributed by atoms with Gasteiger partial charge < -0.3 is 0 Å². The van der Waals surface area contributed by atoms with E-state index in [1.165, 1.54) is 21.6 Å². The third kappa shape index (κ3) is 2.92. The Kier molecular flexibility index (Phi) is 3.30. The van der Waals surface area contributed by atoms with Gasteiger partial charge in [-0.05, 0) is 59.4 Å². The standard InChI is InChI=1S/C16H20S/c1-13-10-15(14-8-6-5-7-9-14)12-16(11-13)17(2,3)4/h5-12H,1-4H3. The molecule has 90 valence electrons. The van der Waals surface area contributed by atoms with Gasteiger partial charge in [0.25, 0.3) is 0 Å². The lowest BCUT2D eigenvalue weighted by molar-refractivity contribution is 1.35. The Morgan fingerprint density at radius 1 is 0.765 bits per heavy atom. The van der Waals surface area contributed by atoms with Crippen molar-refractivity contribution < 1.29 is 0 Å². The van der Waals surface area contributed by atoms with Gasteiger partial charge in [-0.1, -0.05) is 36.4 Å². The third-order valence-corrected chi connectivity index (χ3v) is 4.52. The molecule has 0 aliphatic heterocycles. The average molecular weight is 244 g/mol. The highest BCUT2D eigenvalue weighted by atomic mass is 32.3. The van der Waals surface area contributed by atoms with Crippen LogP contribution in [0.4, 0.5) is 0 Å². The first-order valence-electron chi connectivity index (χ1n) is 5.82. The van der Waals surface area contributed by atoms with Crippen LogP contribution >= 0.6 is 10.0 Å². The lowest BCUT2D eigenvalue weighted by Crippen LogP contribution is -1.94. The fourth-order valence-electron chi connectivity index (χ4n) is 1.90. The van der Waals surface area contributed by atoms with Crippen LogP contribution in [0.2, 0.25) is 0 Å². The van der Waals surface area contributed by atoms with E-state index in [0.29, 0.717) is 0 Å². The Hall–Kier alpha value is -1.21. The van der Waals surface area contributed by atoms with Gasteiger partial charge in [0.2, 0.25) is 0 Å². The molecule has 1 heteroatoms. The van der Waals surface area contributed by atoms with E-state index in [1.807, 2.05) is 0 Å². The second-order valence-corrected chi connectivity index (χ2v) is 9.38. The fourth-order valence-corrected chi connectivity index (χ4v) is 2.92. The largest absolute Gasteiger partial charge is 0.223 e. The van der Waals surface area contributed by atoms with Crippen molar-refractivity contribution in [2.45, 2.75) is 11.8 Å². The lowest BCUT2D eigenvalue weighted by atomic mass is 10.0. The molecule has 0 atom stereocenters. The maximum Gasteiger partial charge on any atom is -0.00975 e. The molecule has 0 unspecified atom stereocenters. The summed E-state index contributed by atoms with van der Waals surface area (Å²) in [6.07, 6.45) is 7.03. The molecule has 0 nitrogen and oxygen atoms in total. The normalized spacial score (nSPS) is 12.5. The van der Waals surface area contributed by atoms with Crippen molar-refractivity contribution in [1.29, 1.82) is 0 Å². The molecular weight excluding hydrogens is 224 g/mol. The van der Waals surface area contributed by atoms with Gasteiger partial charge in [0, 0.05) is 0 Å². The second kappa shape index (κ2) is 4.58. The van der Waals surface area contributed by atoms with Gasteiger partial charge in [-0.25, -0.2) is 10.0 Å². The number of hydrogen-bond donors (Lipinski definition) is 0. The summed E-state index contributed by atoms with van der Waals surface area (Å²) in [6, 6.07) is 17.5. The molecule has 0 bridgehead atoms. The van der Waals surface area contributed by atoms with E-state index in [2.05, 4.69) is 74.2 Å². The van der Waals surface area contributed by atoms with Crippen LogP contribution in [-0.2, 0) is 0 Å². The van der Waals surface area contributed by atoms with Gasteiger partial charge in [-0.15, -0.1) is 0 Å². The van der Waals surface area contributed by atoms with Crippen LogP contribution in [0.15, 0.2) is 53.4 Å². The molecule has 0 radical (unpaired) electrons. The first kappa shape index (κ1) is 12.3. The van der Waals surface area contributed by atoms with Crippen molar-refractivity contribution in [2.24, 2.45) is 0 Å². The Morgan fingerprint density at radius 3 is 2.00 bits per heavy atom. The van der Waals surface area contributed by atoms with Gasteiger partial charge in [0.1, 0.15) is 0 Å². The summed E-state index contributed by atoms with van der Waals surface area (Å²) in [5, 5.41) is 0. The molecule has 0 aliphatic carbocycles. The van der Waals surface area contributed by atoms with Crippen LogP contribution in [0.5, 0.6) is 0 Å². The predicted molar refractivity (Wildman–Crippen MR) is 80.2 cm³/mol. The zero-order valence-corrected chi connectivity index (χ0v) is 11.8. The van der Waals surface area contributed by atoms with Crippen LogP contribution in [-0.4, -0.2) is 18.8 Å². The molecule has 0 fully saturated rings. The van der Waals surface area contributed by atoms with Gasteiger partial charge in [-0.3, -0.25) is 0 Å². The minimum Gasteiger partial charge on any atom is -0.223 e. The quantitative estimate of drug-likeness (QED) is 0.717. The SMILES string of the molecule is Cc1cc(-c2ccccc2)cc(S(C)(C)C)c1. The summed E-state index contributed by atoms with van der Waals surface area (Å²) in [5.74, 6) is 0. The highest BCUT2D eigenvalue weighted by molar-refractivity contribution is 8.32. The van der Waals surface area contributed by atoms with Crippen LogP contribution in [0, 0.1) is 6.92 Å². The summed E-state index contributed by atoms with van der Waals surface area (Å²) >= 11 is 0. The van der Waals surface area contributed by atoms with Crippen LogP contribution in [0.1, 0.15) is 5.56 Å². The monoisotopic (exact) mass is 244 g/mol. The summed E-state index contributed by atoms with van der Waals surface area (Å²) in [4.78, 5) is 1.48.